The fourth-order valence-electron chi connectivity index (χ4n) is 1.55. The molecule has 0 heterocycles. The highest BCUT2D eigenvalue weighted by Gasteiger charge is 2.15. The molecule has 1 rings (SSSR count). The highest BCUT2D eigenvalue weighted by atomic mass is 16.3. The molecule has 0 fully saturated rings. The van der Waals surface area contributed by atoms with E-state index in [-0.39, 0.29) is 12.5 Å². The summed E-state index contributed by atoms with van der Waals surface area (Å²) in [4.78, 5) is 10.8. The Morgan fingerprint density at radius 2 is 2.00 bits per heavy atom. The lowest BCUT2D eigenvalue weighted by Gasteiger charge is -2.19. The number of aliphatic hydroxyl groups excluding tert-OH is 2. The average Bonchev–Trinajstić information content (AvgIpc) is 2.28. The molecule has 0 unspecified atom stereocenters. The summed E-state index contributed by atoms with van der Waals surface area (Å²) < 4.78 is 0. The lowest BCUT2D eigenvalue weighted by atomic mass is 10.0. The van der Waals surface area contributed by atoms with E-state index in [1.165, 1.54) is 6.92 Å². The predicted octanol–water partition coefficient (Wildman–Crippen LogP) is 0.607. The van der Waals surface area contributed by atoms with Gasteiger partial charge in [0.15, 0.2) is 0 Å². The van der Waals surface area contributed by atoms with Crippen LogP contribution in [0.25, 0.3) is 0 Å². The van der Waals surface area contributed by atoms with Crippen molar-refractivity contribution in [3.05, 3.63) is 35.9 Å². The van der Waals surface area contributed by atoms with Crippen LogP contribution in [0.15, 0.2) is 30.3 Å². The van der Waals surface area contributed by atoms with E-state index < -0.39 is 12.1 Å². The Morgan fingerprint density at radius 3 is 2.50 bits per heavy atom. The molecule has 4 nitrogen and oxygen atoms in total. The van der Waals surface area contributed by atoms with Gasteiger partial charge in [-0.2, -0.15) is 0 Å². The van der Waals surface area contributed by atoms with Crippen LogP contribution in [-0.2, 0) is 4.79 Å². The SMILES string of the molecule is CC(=O)N[C@@H](CO)C[C@H](O)c1ccccc1. The largest absolute Gasteiger partial charge is 0.394 e. The molecule has 88 valence electrons. The molecule has 4 heteroatoms. The van der Waals surface area contributed by atoms with Gasteiger partial charge in [-0.15, -0.1) is 0 Å². The first-order valence-electron chi connectivity index (χ1n) is 5.24. The van der Waals surface area contributed by atoms with Crippen LogP contribution in [0.1, 0.15) is 25.0 Å². The Bertz CT molecular complexity index is 326. The monoisotopic (exact) mass is 223 g/mol. The van der Waals surface area contributed by atoms with Gasteiger partial charge in [0.25, 0.3) is 0 Å². The second-order valence-electron chi connectivity index (χ2n) is 3.74. The van der Waals surface area contributed by atoms with Crippen molar-refractivity contribution in [3.8, 4) is 0 Å². The van der Waals surface area contributed by atoms with Crippen molar-refractivity contribution < 1.29 is 15.0 Å². The third kappa shape index (κ3) is 4.00. The maximum absolute atomic E-state index is 10.8. The van der Waals surface area contributed by atoms with Gasteiger partial charge in [0.1, 0.15) is 0 Å². The zero-order chi connectivity index (χ0) is 12.0. The molecule has 0 bridgehead atoms. The number of rotatable bonds is 5. The van der Waals surface area contributed by atoms with Crippen molar-refractivity contribution in [2.75, 3.05) is 6.61 Å². The van der Waals surface area contributed by atoms with Gasteiger partial charge >= 0.3 is 0 Å². The Balaban J connectivity index is 2.55. The number of amides is 1. The van der Waals surface area contributed by atoms with Crippen molar-refractivity contribution in [3.63, 3.8) is 0 Å². The third-order valence-electron chi connectivity index (χ3n) is 2.32. The molecule has 1 aromatic carbocycles. The molecular weight excluding hydrogens is 206 g/mol. The van der Waals surface area contributed by atoms with Gasteiger partial charge in [0.05, 0.1) is 18.8 Å². The van der Waals surface area contributed by atoms with E-state index in [4.69, 9.17) is 5.11 Å². The quantitative estimate of drug-likeness (QED) is 0.685. The zero-order valence-corrected chi connectivity index (χ0v) is 9.26. The summed E-state index contributed by atoms with van der Waals surface area (Å²) in [5, 5.41) is 21.5. The van der Waals surface area contributed by atoms with Crippen molar-refractivity contribution in [1.82, 2.24) is 5.32 Å². The van der Waals surface area contributed by atoms with Gasteiger partial charge in [-0.25, -0.2) is 0 Å². The van der Waals surface area contributed by atoms with Crippen LogP contribution in [0.4, 0.5) is 0 Å². The van der Waals surface area contributed by atoms with Crippen LogP contribution in [-0.4, -0.2) is 28.8 Å². The van der Waals surface area contributed by atoms with E-state index in [1.807, 2.05) is 30.3 Å². The summed E-state index contributed by atoms with van der Waals surface area (Å²) in [7, 11) is 0. The Labute approximate surface area is 94.9 Å². The molecule has 0 aliphatic heterocycles. The Hall–Kier alpha value is -1.39. The minimum absolute atomic E-state index is 0.177. The first-order valence-corrected chi connectivity index (χ1v) is 5.24. The second-order valence-corrected chi connectivity index (χ2v) is 3.74. The average molecular weight is 223 g/mol. The first-order chi connectivity index (χ1) is 7.63. The highest BCUT2D eigenvalue weighted by molar-refractivity contribution is 5.73. The summed E-state index contributed by atoms with van der Waals surface area (Å²) in [5.41, 5.74) is 0.784. The molecule has 3 N–H and O–H groups in total. The van der Waals surface area contributed by atoms with Crippen LogP contribution in [0.2, 0.25) is 0 Å². The van der Waals surface area contributed by atoms with E-state index >= 15 is 0 Å². The Kier molecular flexibility index (Phi) is 4.95. The number of nitrogens with one attached hydrogen (secondary N) is 1. The van der Waals surface area contributed by atoms with Crippen molar-refractivity contribution >= 4 is 5.91 Å². The lowest BCUT2D eigenvalue weighted by Crippen LogP contribution is -2.37. The molecule has 2 atom stereocenters. The summed E-state index contributed by atoms with van der Waals surface area (Å²) in [6.07, 6.45) is -0.370. The van der Waals surface area contributed by atoms with Crippen molar-refractivity contribution in [2.45, 2.75) is 25.5 Å². The fraction of sp³-hybridized carbons (Fsp3) is 0.417. The summed E-state index contributed by atoms with van der Waals surface area (Å²) in [5.74, 6) is -0.209. The van der Waals surface area contributed by atoms with Crippen LogP contribution < -0.4 is 5.32 Å². The molecule has 0 aliphatic rings. The highest BCUT2D eigenvalue weighted by Crippen LogP contribution is 2.17. The molecule has 1 aromatic rings. The third-order valence-corrected chi connectivity index (χ3v) is 2.32. The van der Waals surface area contributed by atoms with E-state index in [0.29, 0.717) is 6.42 Å². The van der Waals surface area contributed by atoms with Crippen LogP contribution in [0.3, 0.4) is 0 Å². The van der Waals surface area contributed by atoms with Crippen molar-refractivity contribution in [2.24, 2.45) is 0 Å². The normalized spacial score (nSPS) is 14.2. The first kappa shape index (κ1) is 12.7. The standard InChI is InChI=1S/C12H17NO3/c1-9(15)13-11(8-14)7-12(16)10-5-3-2-4-6-10/h2-6,11-12,14,16H,7-8H2,1H3,(H,13,15)/t11-,12+/m1/s1. The van der Waals surface area contributed by atoms with Crippen molar-refractivity contribution in [1.29, 1.82) is 0 Å². The summed E-state index contributed by atoms with van der Waals surface area (Å²) in [6.45, 7) is 1.21. The smallest absolute Gasteiger partial charge is 0.217 e. The fourth-order valence-corrected chi connectivity index (χ4v) is 1.55. The minimum Gasteiger partial charge on any atom is -0.394 e. The van der Waals surface area contributed by atoms with E-state index in [9.17, 15) is 9.90 Å². The topological polar surface area (TPSA) is 69.6 Å². The summed E-state index contributed by atoms with van der Waals surface area (Å²) in [6, 6.07) is 8.76. The van der Waals surface area contributed by atoms with Gasteiger partial charge in [-0.05, 0) is 12.0 Å². The number of benzene rings is 1. The molecule has 0 saturated carbocycles. The number of carbonyl (C=O) groups excluding carboxylic acids is 1. The van der Waals surface area contributed by atoms with Crippen LogP contribution in [0.5, 0.6) is 0 Å². The molecule has 16 heavy (non-hydrogen) atoms. The van der Waals surface area contributed by atoms with E-state index in [1.54, 1.807) is 0 Å². The van der Waals surface area contributed by atoms with Gasteiger partial charge in [-0.1, -0.05) is 30.3 Å². The van der Waals surface area contributed by atoms with Crippen LogP contribution >= 0.6 is 0 Å². The molecule has 0 radical (unpaired) electrons. The lowest BCUT2D eigenvalue weighted by molar-refractivity contribution is -0.120. The minimum atomic E-state index is -0.676. The van der Waals surface area contributed by atoms with Crippen LogP contribution in [0, 0.1) is 0 Å². The number of hydrogen-bond acceptors (Lipinski definition) is 3. The molecule has 0 aliphatic carbocycles. The van der Waals surface area contributed by atoms with Gasteiger partial charge < -0.3 is 15.5 Å². The Morgan fingerprint density at radius 1 is 1.38 bits per heavy atom. The zero-order valence-electron chi connectivity index (χ0n) is 9.26. The van der Waals surface area contributed by atoms with Gasteiger partial charge in [0, 0.05) is 6.92 Å². The maximum atomic E-state index is 10.8. The molecule has 0 spiro atoms. The molecule has 0 aromatic heterocycles. The predicted molar refractivity (Wildman–Crippen MR) is 60.7 cm³/mol. The summed E-state index contributed by atoms with van der Waals surface area (Å²) >= 11 is 0. The maximum Gasteiger partial charge on any atom is 0.217 e. The second kappa shape index (κ2) is 6.25. The number of aliphatic hydroxyl groups is 2. The number of hydrogen-bond donors (Lipinski definition) is 3. The van der Waals surface area contributed by atoms with E-state index in [2.05, 4.69) is 5.32 Å². The molecule has 0 saturated heterocycles. The molecule has 1 amide bonds. The molecular formula is C12H17NO3. The van der Waals surface area contributed by atoms with E-state index in [0.717, 1.165) is 5.56 Å². The number of carbonyl (C=O) groups is 1. The van der Waals surface area contributed by atoms with Gasteiger partial charge in [0.2, 0.25) is 5.91 Å². The van der Waals surface area contributed by atoms with Gasteiger partial charge in [-0.3, -0.25) is 4.79 Å².